The summed E-state index contributed by atoms with van der Waals surface area (Å²) in [6.07, 6.45) is 7.68. The Hall–Kier alpha value is -1.10. The molecule has 21 heavy (non-hydrogen) atoms. The van der Waals surface area contributed by atoms with Gasteiger partial charge in [0.2, 0.25) is 5.91 Å². The lowest BCUT2D eigenvalue weighted by Crippen LogP contribution is -2.49. The van der Waals surface area contributed by atoms with Crippen LogP contribution in [0, 0.1) is 11.8 Å². The predicted octanol–water partition coefficient (Wildman–Crippen LogP) is 2.32. The molecule has 0 aromatic carbocycles. The quantitative estimate of drug-likeness (QED) is 0.600. The largest absolute Gasteiger partial charge is 0.480 e. The fourth-order valence-corrected chi connectivity index (χ4v) is 3.06. The van der Waals surface area contributed by atoms with Crippen molar-refractivity contribution >= 4 is 11.9 Å². The number of carboxylic acids is 1. The molecular formula is C16H29NO4. The second-order valence-electron chi connectivity index (χ2n) is 6.28. The normalized spacial score (nSPS) is 25.1. The van der Waals surface area contributed by atoms with Crippen LogP contribution < -0.4 is 5.32 Å². The molecule has 5 nitrogen and oxygen atoms in total. The van der Waals surface area contributed by atoms with Crippen molar-refractivity contribution in [1.29, 1.82) is 0 Å². The average molecular weight is 299 g/mol. The van der Waals surface area contributed by atoms with E-state index < -0.39 is 18.1 Å². The highest BCUT2D eigenvalue weighted by atomic mass is 16.4. The van der Waals surface area contributed by atoms with Gasteiger partial charge in [0.25, 0.3) is 0 Å². The van der Waals surface area contributed by atoms with Crippen LogP contribution in [0.5, 0.6) is 0 Å². The van der Waals surface area contributed by atoms with E-state index >= 15 is 0 Å². The third-order valence-corrected chi connectivity index (χ3v) is 4.48. The van der Waals surface area contributed by atoms with Gasteiger partial charge in [0, 0.05) is 5.92 Å². The number of carbonyl (C=O) groups is 2. The molecule has 0 aromatic heterocycles. The summed E-state index contributed by atoms with van der Waals surface area (Å²) in [7, 11) is 0. The Morgan fingerprint density at radius 1 is 1.19 bits per heavy atom. The maximum Gasteiger partial charge on any atom is 0.328 e. The summed E-state index contributed by atoms with van der Waals surface area (Å²) >= 11 is 0. The molecule has 1 rings (SSSR count). The van der Waals surface area contributed by atoms with Gasteiger partial charge in [-0.3, -0.25) is 4.79 Å². The summed E-state index contributed by atoms with van der Waals surface area (Å²) in [6.45, 7) is 3.58. The van der Waals surface area contributed by atoms with Gasteiger partial charge in [-0.25, -0.2) is 4.79 Å². The standard InChI is InChI=1S/C16H29NO4/c1-3-4-5-6-12-7-9-13(10-8-12)15(19)17-14(11(2)18)16(20)21/h11-14,18H,3-10H2,1-2H3,(H,17,19)(H,20,21)/t11-,12?,13?,14-/m1/s1. The second-order valence-corrected chi connectivity index (χ2v) is 6.28. The van der Waals surface area contributed by atoms with Gasteiger partial charge in [0.1, 0.15) is 0 Å². The SMILES string of the molecule is CCCCCC1CCC(C(=O)N[C@@H](C(=O)O)[C@@H](C)O)CC1. The Bertz CT molecular complexity index is 335. The molecule has 0 bridgehead atoms. The van der Waals surface area contributed by atoms with Gasteiger partial charge in [-0.1, -0.05) is 32.6 Å². The fourth-order valence-electron chi connectivity index (χ4n) is 3.06. The Labute approximate surface area is 127 Å². The van der Waals surface area contributed by atoms with Crippen molar-refractivity contribution in [1.82, 2.24) is 5.32 Å². The number of nitrogens with one attached hydrogen (secondary N) is 1. The molecular weight excluding hydrogens is 270 g/mol. The van der Waals surface area contributed by atoms with Gasteiger partial charge in [0.05, 0.1) is 6.10 Å². The molecule has 1 amide bonds. The Balaban J connectivity index is 2.36. The first-order valence-corrected chi connectivity index (χ1v) is 8.17. The van der Waals surface area contributed by atoms with Gasteiger partial charge in [0.15, 0.2) is 6.04 Å². The average Bonchev–Trinajstić information content (AvgIpc) is 2.44. The van der Waals surface area contributed by atoms with Crippen LogP contribution in [-0.2, 0) is 9.59 Å². The van der Waals surface area contributed by atoms with Crippen LogP contribution in [0.3, 0.4) is 0 Å². The maximum atomic E-state index is 12.1. The van der Waals surface area contributed by atoms with Crippen LogP contribution in [0.2, 0.25) is 0 Å². The number of rotatable bonds is 8. The molecule has 0 saturated heterocycles. The van der Waals surface area contributed by atoms with Crippen molar-refractivity contribution in [3.05, 3.63) is 0 Å². The smallest absolute Gasteiger partial charge is 0.328 e. The predicted molar refractivity (Wildman–Crippen MR) is 80.8 cm³/mol. The molecule has 0 aliphatic heterocycles. The van der Waals surface area contributed by atoms with Crippen LogP contribution in [-0.4, -0.2) is 34.2 Å². The molecule has 5 heteroatoms. The zero-order valence-corrected chi connectivity index (χ0v) is 13.2. The monoisotopic (exact) mass is 299 g/mol. The number of hydrogen-bond acceptors (Lipinski definition) is 3. The highest BCUT2D eigenvalue weighted by molar-refractivity contribution is 5.85. The van der Waals surface area contributed by atoms with Gasteiger partial charge in [-0.15, -0.1) is 0 Å². The van der Waals surface area contributed by atoms with E-state index in [0.717, 1.165) is 25.7 Å². The maximum absolute atomic E-state index is 12.1. The van der Waals surface area contributed by atoms with Crippen molar-refractivity contribution < 1.29 is 19.8 Å². The van der Waals surface area contributed by atoms with Crippen LogP contribution in [0.1, 0.15) is 65.2 Å². The molecule has 0 spiro atoms. The Morgan fingerprint density at radius 2 is 1.81 bits per heavy atom. The zero-order chi connectivity index (χ0) is 15.8. The van der Waals surface area contributed by atoms with Gasteiger partial charge >= 0.3 is 5.97 Å². The number of amides is 1. The lowest BCUT2D eigenvalue weighted by Gasteiger charge is -2.29. The molecule has 1 saturated carbocycles. The number of carbonyl (C=O) groups excluding carboxylic acids is 1. The third-order valence-electron chi connectivity index (χ3n) is 4.48. The van der Waals surface area contributed by atoms with E-state index in [0.29, 0.717) is 5.92 Å². The number of carboxylic acid groups (broad SMARTS) is 1. The van der Waals surface area contributed by atoms with Crippen LogP contribution in [0.4, 0.5) is 0 Å². The minimum absolute atomic E-state index is 0.104. The molecule has 0 heterocycles. The minimum Gasteiger partial charge on any atom is -0.480 e. The number of aliphatic carboxylic acids is 1. The number of hydrogen-bond donors (Lipinski definition) is 3. The zero-order valence-electron chi connectivity index (χ0n) is 13.2. The summed E-state index contributed by atoms with van der Waals surface area (Å²) < 4.78 is 0. The minimum atomic E-state index is -1.21. The van der Waals surface area contributed by atoms with E-state index in [-0.39, 0.29) is 11.8 Å². The molecule has 1 fully saturated rings. The van der Waals surface area contributed by atoms with E-state index in [1.807, 2.05) is 0 Å². The third kappa shape index (κ3) is 6.04. The summed E-state index contributed by atoms with van der Waals surface area (Å²) in [5, 5.41) is 20.8. The van der Waals surface area contributed by atoms with Crippen molar-refractivity contribution in [3.8, 4) is 0 Å². The first-order chi connectivity index (χ1) is 9.95. The van der Waals surface area contributed by atoms with Crippen molar-refractivity contribution in [2.45, 2.75) is 77.4 Å². The van der Waals surface area contributed by atoms with E-state index in [2.05, 4.69) is 12.2 Å². The number of unbranched alkanes of at least 4 members (excludes halogenated alkanes) is 2. The number of aliphatic hydroxyl groups is 1. The molecule has 0 aromatic rings. The van der Waals surface area contributed by atoms with Crippen molar-refractivity contribution in [2.24, 2.45) is 11.8 Å². The van der Waals surface area contributed by atoms with Crippen LogP contribution in [0.15, 0.2) is 0 Å². The van der Waals surface area contributed by atoms with Gasteiger partial charge < -0.3 is 15.5 Å². The molecule has 3 N–H and O–H groups in total. The molecule has 2 atom stereocenters. The van der Waals surface area contributed by atoms with E-state index in [1.165, 1.54) is 32.6 Å². The number of aliphatic hydroxyl groups excluding tert-OH is 1. The topological polar surface area (TPSA) is 86.6 Å². The summed E-state index contributed by atoms with van der Waals surface area (Å²) in [6, 6.07) is -1.21. The first kappa shape index (κ1) is 18.0. The van der Waals surface area contributed by atoms with Gasteiger partial charge in [-0.05, 0) is 38.5 Å². The summed E-state index contributed by atoms with van der Waals surface area (Å²) in [5.41, 5.74) is 0. The highest BCUT2D eigenvalue weighted by Gasteiger charge is 2.31. The van der Waals surface area contributed by atoms with E-state index in [4.69, 9.17) is 5.11 Å². The summed E-state index contributed by atoms with van der Waals surface area (Å²) in [5.74, 6) is -0.803. The molecule has 122 valence electrons. The molecule has 0 radical (unpaired) electrons. The lowest BCUT2D eigenvalue weighted by atomic mass is 9.79. The van der Waals surface area contributed by atoms with E-state index in [1.54, 1.807) is 0 Å². The fraction of sp³-hybridized carbons (Fsp3) is 0.875. The first-order valence-electron chi connectivity index (χ1n) is 8.17. The molecule has 1 aliphatic carbocycles. The summed E-state index contributed by atoms with van der Waals surface area (Å²) in [4.78, 5) is 23.1. The van der Waals surface area contributed by atoms with Crippen molar-refractivity contribution in [3.63, 3.8) is 0 Å². The van der Waals surface area contributed by atoms with E-state index in [9.17, 15) is 14.7 Å². The second kappa shape index (κ2) is 9.03. The molecule has 1 aliphatic rings. The van der Waals surface area contributed by atoms with Crippen LogP contribution in [0.25, 0.3) is 0 Å². The molecule has 0 unspecified atom stereocenters. The van der Waals surface area contributed by atoms with Crippen molar-refractivity contribution in [2.75, 3.05) is 0 Å². The van der Waals surface area contributed by atoms with Crippen LogP contribution >= 0.6 is 0 Å². The Morgan fingerprint density at radius 3 is 2.29 bits per heavy atom. The van der Waals surface area contributed by atoms with Gasteiger partial charge in [-0.2, -0.15) is 0 Å². The highest BCUT2D eigenvalue weighted by Crippen LogP contribution is 2.32. The Kier molecular flexibility index (Phi) is 7.72. The lowest BCUT2D eigenvalue weighted by molar-refractivity contribution is -0.145.